The molecule has 0 bridgehead atoms. The van der Waals surface area contributed by atoms with Crippen LogP contribution in [0.25, 0.3) is 11.0 Å². The summed E-state index contributed by atoms with van der Waals surface area (Å²) in [6.45, 7) is 2.56. The number of hydrogen-bond donors (Lipinski definition) is 1. The van der Waals surface area contributed by atoms with Crippen molar-refractivity contribution in [2.45, 2.75) is 63.6 Å². The molecule has 35 heavy (non-hydrogen) atoms. The van der Waals surface area contributed by atoms with Crippen LogP contribution in [0.15, 0.2) is 42.5 Å². The molecule has 3 aliphatic rings. The Morgan fingerprint density at radius 1 is 1.29 bits per heavy atom. The van der Waals surface area contributed by atoms with Crippen LogP contribution >= 0.6 is 11.6 Å². The molecule has 2 fully saturated rings. The summed E-state index contributed by atoms with van der Waals surface area (Å²) >= 11 is 6.22. The second kappa shape index (κ2) is 7.82. The largest absolute Gasteiger partial charge is 0.353 e. The van der Waals surface area contributed by atoms with Crippen LogP contribution < -0.4 is 10.2 Å². The Balaban J connectivity index is 1.33. The van der Waals surface area contributed by atoms with E-state index in [1.54, 1.807) is 6.92 Å². The number of para-hydroxylation sites is 1. The number of aryl methyl sites for hydroxylation is 1. The summed E-state index contributed by atoms with van der Waals surface area (Å²) in [7, 11) is 0. The summed E-state index contributed by atoms with van der Waals surface area (Å²) in [5.74, 6) is 0.895. The predicted molar refractivity (Wildman–Crippen MR) is 133 cm³/mol. The molecule has 3 aromatic rings. The molecule has 7 nitrogen and oxygen atoms in total. The Bertz CT molecular complexity index is 1410. The quantitative estimate of drug-likeness (QED) is 0.519. The Labute approximate surface area is 208 Å². The van der Waals surface area contributed by atoms with Gasteiger partial charge in [-0.25, -0.2) is 4.98 Å². The molecule has 2 spiro atoms. The van der Waals surface area contributed by atoms with Crippen molar-refractivity contribution in [3.8, 4) is 6.07 Å². The first-order chi connectivity index (χ1) is 16.9. The van der Waals surface area contributed by atoms with Crippen LogP contribution in [-0.2, 0) is 28.1 Å². The summed E-state index contributed by atoms with van der Waals surface area (Å²) in [6, 6.07) is 16.1. The van der Waals surface area contributed by atoms with Crippen LogP contribution in [-0.4, -0.2) is 27.4 Å². The fourth-order valence-corrected chi connectivity index (χ4v) is 6.58. The SMILES string of the molecule is CC(=O)NC1CC12CC1(C2)C(=O)N(Cc2nc3cc(Cl)ccc3n2CCCC#N)c2ccccc21. The Morgan fingerprint density at radius 2 is 2.09 bits per heavy atom. The van der Waals surface area contributed by atoms with Crippen LogP contribution in [0.2, 0.25) is 5.02 Å². The number of unbranched alkanes of at least 4 members (excludes halogenated alkanes) is 1. The highest BCUT2D eigenvalue weighted by Crippen LogP contribution is 2.71. The normalized spacial score (nSPS) is 26.1. The molecule has 2 aromatic carbocycles. The minimum atomic E-state index is -0.523. The second-order valence-corrected chi connectivity index (χ2v) is 10.7. The van der Waals surface area contributed by atoms with Crippen molar-refractivity contribution >= 4 is 40.1 Å². The standard InChI is InChI=1S/C27H26ClN5O2/c1-17(34)30-23-13-26(23)15-27(16-26)19-6-2-3-7-21(19)33(25(27)35)14-24-31-20-12-18(28)8-9-22(20)32(24)11-5-4-10-29/h2-3,6-9,12,23H,4-5,11,13-16H2,1H3,(H,30,34). The van der Waals surface area contributed by atoms with Crippen LogP contribution in [0.1, 0.15) is 50.4 Å². The summed E-state index contributed by atoms with van der Waals surface area (Å²) in [5, 5.41) is 12.7. The zero-order valence-corrected chi connectivity index (χ0v) is 20.3. The number of anilines is 1. The molecule has 1 N–H and O–H groups in total. The van der Waals surface area contributed by atoms with Gasteiger partial charge in [0.25, 0.3) is 0 Å². The van der Waals surface area contributed by atoms with E-state index in [1.165, 1.54) is 0 Å². The summed E-state index contributed by atoms with van der Waals surface area (Å²) in [4.78, 5) is 32.3. The number of nitrogens with one attached hydrogen (secondary N) is 1. The number of amides is 2. The number of fused-ring (bicyclic) bond motifs is 3. The third kappa shape index (κ3) is 3.35. The molecule has 2 heterocycles. The highest BCUT2D eigenvalue weighted by atomic mass is 35.5. The fraction of sp³-hybridized carbons (Fsp3) is 0.407. The number of halogens is 1. The van der Waals surface area contributed by atoms with Gasteiger partial charge in [-0.2, -0.15) is 5.26 Å². The van der Waals surface area contributed by atoms with Crippen LogP contribution in [0.5, 0.6) is 0 Å². The van der Waals surface area contributed by atoms with E-state index in [1.807, 2.05) is 41.3 Å². The van der Waals surface area contributed by atoms with E-state index in [0.29, 0.717) is 31.0 Å². The zero-order chi connectivity index (χ0) is 24.4. The first kappa shape index (κ1) is 22.1. The Kier molecular flexibility index (Phi) is 4.94. The summed E-state index contributed by atoms with van der Waals surface area (Å²) in [5.41, 5.74) is 3.29. The molecule has 2 saturated carbocycles. The molecule has 2 aliphatic carbocycles. The van der Waals surface area contributed by atoms with Crippen LogP contribution in [0, 0.1) is 16.7 Å². The first-order valence-corrected chi connectivity index (χ1v) is 12.4. The summed E-state index contributed by atoms with van der Waals surface area (Å²) in [6.07, 6.45) is 3.65. The van der Waals surface area contributed by atoms with E-state index in [0.717, 1.165) is 47.4 Å². The molecule has 1 unspecified atom stereocenters. The van der Waals surface area contributed by atoms with Crippen molar-refractivity contribution in [1.29, 1.82) is 5.26 Å². The van der Waals surface area contributed by atoms with Gasteiger partial charge in [0.15, 0.2) is 0 Å². The van der Waals surface area contributed by atoms with Gasteiger partial charge in [-0.1, -0.05) is 29.8 Å². The lowest BCUT2D eigenvalue weighted by molar-refractivity contribution is -0.129. The Hall–Kier alpha value is -3.37. The number of carbonyl (C=O) groups is 2. The smallest absolute Gasteiger partial charge is 0.238 e. The van der Waals surface area contributed by atoms with Crippen molar-refractivity contribution in [2.24, 2.45) is 5.41 Å². The molecular weight excluding hydrogens is 462 g/mol. The average Bonchev–Trinajstić information content (AvgIpc) is 3.31. The van der Waals surface area contributed by atoms with Crippen molar-refractivity contribution in [3.63, 3.8) is 0 Å². The number of aromatic nitrogens is 2. The van der Waals surface area contributed by atoms with Gasteiger partial charge in [-0.05, 0) is 60.9 Å². The third-order valence-corrected chi connectivity index (χ3v) is 8.23. The van der Waals surface area contributed by atoms with Gasteiger partial charge in [0, 0.05) is 36.6 Å². The van der Waals surface area contributed by atoms with E-state index < -0.39 is 5.41 Å². The highest BCUT2D eigenvalue weighted by Gasteiger charge is 2.73. The van der Waals surface area contributed by atoms with Crippen molar-refractivity contribution in [3.05, 3.63) is 58.9 Å². The lowest BCUT2D eigenvalue weighted by atomic mass is 9.56. The number of rotatable bonds is 6. The van der Waals surface area contributed by atoms with Crippen molar-refractivity contribution in [1.82, 2.24) is 14.9 Å². The van der Waals surface area contributed by atoms with Gasteiger partial charge in [0.05, 0.1) is 29.1 Å². The fourth-order valence-electron chi connectivity index (χ4n) is 6.41. The molecule has 2 amide bonds. The maximum atomic E-state index is 14.0. The van der Waals surface area contributed by atoms with E-state index >= 15 is 0 Å². The van der Waals surface area contributed by atoms with E-state index in [4.69, 9.17) is 21.8 Å². The zero-order valence-electron chi connectivity index (χ0n) is 19.6. The van der Waals surface area contributed by atoms with Gasteiger partial charge in [-0.15, -0.1) is 0 Å². The summed E-state index contributed by atoms with van der Waals surface area (Å²) < 4.78 is 2.11. The van der Waals surface area contributed by atoms with Gasteiger partial charge < -0.3 is 14.8 Å². The second-order valence-electron chi connectivity index (χ2n) is 10.2. The molecule has 0 saturated heterocycles. The highest BCUT2D eigenvalue weighted by molar-refractivity contribution is 6.31. The van der Waals surface area contributed by atoms with Crippen molar-refractivity contribution in [2.75, 3.05) is 4.90 Å². The lowest BCUT2D eigenvalue weighted by Crippen LogP contribution is -2.52. The number of nitriles is 1. The van der Waals surface area contributed by atoms with Crippen molar-refractivity contribution < 1.29 is 9.59 Å². The number of imidazole rings is 1. The minimum absolute atomic E-state index is 0.0111. The number of hydrogen-bond acceptors (Lipinski definition) is 4. The number of carbonyl (C=O) groups excluding carboxylic acids is 2. The molecule has 6 rings (SSSR count). The molecule has 0 radical (unpaired) electrons. The Morgan fingerprint density at radius 3 is 2.86 bits per heavy atom. The molecular formula is C27H26ClN5O2. The van der Waals surface area contributed by atoms with Gasteiger partial charge >= 0.3 is 0 Å². The van der Waals surface area contributed by atoms with Gasteiger partial charge in [-0.3, -0.25) is 9.59 Å². The van der Waals surface area contributed by atoms with Crippen LogP contribution in [0.4, 0.5) is 5.69 Å². The molecule has 8 heteroatoms. The minimum Gasteiger partial charge on any atom is -0.353 e. The van der Waals surface area contributed by atoms with Gasteiger partial charge in [0.1, 0.15) is 5.82 Å². The lowest BCUT2D eigenvalue weighted by Gasteiger charge is -2.45. The van der Waals surface area contributed by atoms with Crippen LogP contribution in [0.3, 0.4) is 0 Å². The van der Waals surface area contributed by atoms with E-state index in [2.05, 4.69) is 22.0 Å². The number of benzene rings is 2. The van der Waals surface area contributed by atoms with Gasteiger partial charge in [0.2, 0.25) is 11.8 Å². The first-order valence-electron chi connectivity index (χ1n) is 12.1. The average molecular weight is 488 g/mol. The number of nitrogens with zero attached hydrogens (tertiary/aromatic N) is 4. The van der Waals surface area contributed by atoms with E-state index in [-0.39, 0.29) is 23.3 Å². The molecule has 1 atom stereocenters. The molecule has 1 aromatic heterocycles. The van der Waals surface area contributed by atoms with E-state index in [9.17, 15) is 9.59 Å². The third-order valence-electron chi connectivity index (χ3n) is 8.00. The monoisotopic (exact) mass is 487 g/mol. The molecule has 1 aliphatic heterocycles. The molecule has 178 valence electrons. The maximum absolute atomic E-state index is 14.0. The maximum Gasteiger partial charge on any atom is 0.238 e. The topological polar surface area (TPSA) is 91.0 Å². The predicted octanol–water partition coefficient (Wildman–Crippen LogP) is 4.47.